The molecule has 52 heavy (non-hydrogen) atoms. The SMILES string of the molecule is Cc1ccc2ccc3c(C4CC=CCC4)cc(C4=CCC(C5NC(C6C=CC=CC6)NC(C6C=CC(c7ccccc7)=CC6)N5)C5CC45)nc3c2n1. The molecule has 0 bridgehead atoms. The summed E-state index contributed by atoms with van der Waals surface area (Å²) < 4.78 is 0. The molecule has 0 radical (unpaired) electrons. The molecule has 4 aromatic rings. The molecule has 6 aliphatic rings. The third-order valence-electron chi connectivity index (χ3n) is 12.8. The first-order valence-corrected chi connectivity index (χ1v) is 19.8. The van der Waals surface area contributed by atoms with Crippen LogP contribution in [0.4, 0.5) is 0 Å². The standard InChI is InChI=1S/C47H49N5/c1-29-17-18-33-23-24-37-39(32-13-7-3-8-14-32)28-42(49-44(37)43(33)48-29)36-25-26-38(41-27-40(36)41)47-51-45(34-15-9-4-10-16-34)50-46(52-47)35-21-19-31(20-22-35)30-11-5-2-6-12-30/h2-7,9-12,15,17-21,23-25,28,32,34-35,38,40-41,45-47,50-52H,8,13-14,16,22,26-27H2,1H3. The average molecular weight is 684 g/mol. The van der Waals surface area contributed by atoms with Crippen LogP contribution < -0.4 is 16.0 Å². The van der Waals surface area contributed by atoms with E-state index < -0.39 is 0 Å². The summed E-state index contributed by atoms with van der Waals surface area (Å²) in [4.78, 5) is 10.5. The molecular weight excluding hydrogens is 635 g/mol. The van der Waals surface area contributed by atoms with Gasteiger partial charge in [0.05, 0.1) is 35.2 Å². The minimum atomic E-state index is 0.210. The molecule has 5 nitrogen and oxygen atoms in total. The van der Waals surface area contributed by atoms with Crippen LogP contribution >= 0.6 is 0 Å². The molecule has 2 aromatic heterocycles. The van der Waals surface area contributed by atoms with Crippen molar-refractivity contribution < 1.29 is 0 Å². The fourth-order valence-electron chi connectivity index (χ4n) is 9.91. The Bertz CT molecular complexity index is 2190. The van der Waals surface area contributed by atoms with Crippen molar-refractivity contribution in [2.24, 2.45) is 29.6 Å². The molecule has 5 aliphatic carbocycles. The summed E-state index contributed by atoms with van der Waals surface area (Å²) >= 11 is 0. The number of fused-ring (bicyclic) bond motifs is 4. The highest BCUT2D eigenvalue weighted by Gasteiger charge is 2.52. The molecule has 1 aliphatic heterocycles. The van der Waals surface area contributed by atoms with Gasteiger partial charge in [-0.25, -0.2) is 4.98 Å². The van der Waals surface area contributed by atoms with Crippen LogP contribution in [0, 0.1) is 36.5 Å². The Morgan fingerprint density at radius 2 is 1.54 bits per heavy atom. The normalized spacial score (nSPS) is 32.4. The van der Waals surface area contributed by atoms with Crippen molar-refractivity contribution in [1.29, 1.82) is 0 Å². The quantitative estimate of drug-likeness (QED) is 0.140. The Morgan fingerprint density at radius 1 is 0.692 bits per heavy atom. The predicted octanol–water partition coefficient (Wildman–Crippen LogP) is 9.51. The predicted molar refractivity (Wildman–Crippen MR) is 214 cm³/mol. The number of aromatic nitrogens is 2. The topological polar surface area (TPSA) is 61.9 Å². The Kier molecular flexibility index (Phi) is 8.39. The van der Waals surface area contributed by atoms with Gasteiger partial charge in [0.15, 0.2) is 0 Å². The van der Waals surface area contributed by atoms with E-state index in [1.807, 2.05) is 0 Å². The van der Waals surface area contributed by atoms with Gasteiger partial charge in [0.1, 0.15) is 0 Å². The largest absolute Gasteiger partial charge is 0.286 e. The van der Waals surface area contributed by atoms with E-state index in [2.05, 4.69) is 144 Å². The van der Waals surface area contributed by atoms with Gasteiger partial charge in [-0.3, -0.25) is 20.9 Å². The van der Waals surface area contributed by atoms with Crippen LogP contribution in [-0.2, 0) is 0 Å². The maximum atomic E-state index is 5.50. The zero-order valence-electron chi connectivity index (χ0n) is 30.1. The Balaban J connectivity index is 0.951. The number of aryl methyl sites for hydroxylation is 1. The lowest BCUT2D eigenvalue weighted by Crippen LogP contribution is -2.72. The van der Waals surface area contributed by atoms with E-state index in [9.17, 15) is 0 Å². The van der Waals surface area contributed by atoms with Gasteiger partial charge < -0.3 is 0 Å². The first-order chi connectivity index (χ1) is 25.7. The maximum absolute atomic E-state index is 5.50. The Labute approximate surface area is 307 Å². The molecule has 9 atom stereocenters. The van der Waals surface area contributed by atoms with Crippen molar-refractivity contribution in [3.63, 3.8) is 0 Å². The van der Waals surface area contributed by atoms with Crippen molar-refractivity contribution >= 4 is 33.0 Å². The second-order valence-electron chi connectivity index (χ2n) is 16.1. The van der Waals surface area contributed by atoms with Crippen molar-refractivity contribution in [3.05, 3.63) is 144 Å². The monoisotopic (exact) mass is 683 g/mol. The molecule has 9 unspecified atom stereocenters. The van der Waals surface area contributed by atoms with Crippen molar-refractivity contribution in [3.8, 4) is 0 Å². The van der Waals surface area contributed by atoms with Gasteiger partial charge >= 0.3 is 0 Å². The first kappa shape index (κ1) is 32.2. The number of hydrogen-bond acceptors (Lipinski definition) is 5. The van der Waals surface area contributed by atoms with Gasteiger partial charge in [0.2, 0.25) is 0 Å². The smallest absolute Gasteiger partial charge is 0.0974 e. The van der Waals surface area contributed by atoms with E-state index >= 15 is 0 Å². The van der Waals surface area contributed by atoms with Crippen molar-refractivity contribution in [2.75, 3.05) is 0 Å². The van der Waals surface area contributed by atoms with E-state index in [-0.39, 0.29) is 18.5 Å². The summed E-state index contributed by atoms with van der Waals surface area (Å²) in [5.41, 5.74) is 9.91. The summed E-state index contributed by atoms with van der Waals surface area (Å²) in [5.74, 6) is 3.12. The lowest BCUT2D eigenvalue weighted by atomic mass is 9.82. The zero-order chi connectivity index (χ0) is 34.6. The molecule has 1 saturated carbocycles. The molecule has 2 fully saturated rings. The minimum Gasteiger partial charge on any atom is -0.286 e. The number of pyridine rings is 2. The second kappa shape index (κ2) is 13.5. The van der Waals surface area contributed by atoms with Crippen LogP contribution in [0.25, 0.3) is 33.0 Å². The van der Waals surface area contributed by atoms with Crippen LogP contribution in [0.3, 0.4) is 0 Å². The van der Waals surface area contributed by atoms with Gasteiger partial charge in [-0.1, -0.05) is 109 Å². The Hall–Kier alpha value is -4.42. The molecule has 1 saturated heterocycles. The third-order valence-corrected chi connectivity index (χ3v) is 12.8. The van der Waals surface area contributed by atoms with E-state index in [4.69, 9.17) is 9.97 Å². The van der Waals surface area contributed by atoms with Gasteiger partial charge in [0, 0.05) is 28.3 Å². The van der Waals surface area contributed by atoms with Crippen LogP contribution in [0.15, 0.2) is 121 Å². The van der Waals surface area contributed by atoms with Gasteiger partial charge in [-0.15, -0.1) is 0 Å². The lowest BCUT2D eigenvalue weighted by Gasteiger charge is -2.47. The van der Waals surface area contributed by atoms with Crippen molar-refractivity contribution in [2.45, 2.75) is 76.3 Å². The maximum Gasteiger partial charge on any atom is 0.0974 e. The highest BCUT2D eigenvalue weighted by atomic mass is 15.4. The molecule has 3 heterocycles. The summed E-state index contributed by atoms with van der Waals surface area (Å²) in [6.45, 7) is 2.09. The van der Waals surface area contributed by atoms with Crippen LogP contribution in [-0.4, -0.2) is 28.5 Å². The number of benzene rings is 2. The summed E-state index contributed by atoms with van der Waals surface area (Å²) in [7, 11) is 0. The summed E-state index contributed by atoms with van der Waals surface area (Å²) in [6, 6.07) is 22.1. The Morgan fingerprint density at radius 3 is 2.33 bits per heavy atom. The number of nitrogens with one attached hydrogen (secondary N) is 3. The highest BCUT2D eigenvalue weighted by Crippen LogP contribution is 2.57. The number of nitrogens with zero attached hydrogens (tertiary/aromatic N) is 2. The number of rotatable bonds is 6. The average Bonchev–Trinajstić information content (AvgIpc) is 4.02. The van der Waals surface area contributed by atoms with Crippen molar-refractivity contribution in [1.82, 2.24) is 25.9 Å². The first-order valence-electron chi connectivity index (χ1n) is 19.8. The van der Waals surface area contributed by atoms with E-state index in [1.165, 1.54) is 51.6 Å². The fourth-order valence-corrected chi connectivity index (χ4v) is 9.91. The lowest BCUT2D eigenvalue weighted by molar-refractivity contribution is 0.102. The van der Waals surface area contributed by atoms with Gasteiger partial charge in [-0.05, 0) is 110 Å². The number of allylic oxidation sites excluding steroid dienone is 10. The summed E-state index contributed by atoms with van der Waals surface area (Å²) in [5, 5.41) is 14.7. The second-order valence-corrected chi connectivity index (χ2v) is 16.1. The third kappa shape index (κ3) is 6.03. The number of hydrogen-bond donors (Lipinski definition) is 3. The molecule has 0 spiro atoms. The van der Waals surface area contributed by atoms with E-state index in [0.717, 1.165) is 48.8 Å². The van der Waals surface area contributed by atoms with Crippen LogP contribution in [0.5, 0.6) is 0 Å². The van der Waals surface area contributed by atoms with Crippen LogP contribution in [0.2, 0.25) is 0 Å². The van der Waals surface area contributed by atoms with E-state index in [0.29, 0.717) is 35.5 Å². The van der Waals surface area contributed by atoms with Gasteiger partial charge in [-0.2, -0.15) is 0 Å². The molecule has 262 valence electrons. The molecule has 2 aromatic carbocycles. The highest BCUT2D eigenvalue weighted by molar-refractivity contribution is 6.04. The molecular formula is C47H49N5. The molecule has 5 heteroatoms. The minimum absolute atomic E-state index is 0.210. The molecule has 0 amide bonds. The fraction of sp³-hybridized carbons (Fsp3) is 0.362. The van der Waals surface area contributed by atoms with Crippen LogP contribution in [0.1, 0.15) is 73.4 Å². The zero-order valence-corrected chi connectivity index (χ0v) is 30.1. The van der Waals surface area contributed by atoms with E-state index in [1.54, 1.807) is 0 Å². The van der Waals surface area contributed by atoms with Gasteiger partial charge in [0.25, 0.3) is 0 Å². The summed E-state index contributed by atoms with van der Waals surface area (Å²) in [6.07, 6.45) is 32.1. The molecule has 10 rings (SSSR count). The molecule has 3 N–H and O–H groups in total.